The van der Waals surface area contributed by atoms with Gasteiger partial charge in [0.05, 0.1) is 27.1 Å². The van der Waals surface area contributed by atoms with Crippen LogP contribution in [0, 0.1) is 0 Å². The van der Waals surface area contributed by atoms with Gasteiger partial charge in [-0.2, -0.15) is 0 Å². The van der Waals surface area contributed by atoms with E-state index in [9.17, 15) is 8.78 Å². The van der Waals surface area contributed by atoms with Gasteiger partial charge < -0.3 is 18.9 Å². The van der Waals surface area contributed by atoms with Crippen molar-refractivity contribution in [2.24, 2.45) is 0 Å². The minimum atomic E-state index is -2.83. The summed E-state index contributed by atoms with van der Waals surface area (Å²) in [5.74, 6) is 1.02. The van der Waals surface area contributed by atoms with E-state index in [0.29, 0.717) is 46.6 Å². The molecule has 0 spiro atoms. The van der Waals surface area contributed by atoms with Crippen molar-refractivity contribution in [1.82, 2.24) is 19.5 Å². The Hall–Kier alpha value is -3.46. The topological polar surface area (TPSA) is 65.3 Å². The van der Waals surface area contributed by atoms with Gasteiger partial charge >= 0.3 is 0 Å². The van der Waals surface area contributed by atoms with E-state index < -0.39 is 12.2 Å². The summed E-state index contributed by atoms with van der Waals surface area (Å²) in [6, 6.07) is 12.8. The molecule has 0 aliphatic carbocycles. The van der Waals surface area contributed by atoms with Gasteiger partial charge in [-0.3, -0.25) is 0 Å². The summed E-state index contributed by atoms with van der Waals surface area (Å²) in [6.07, 6.45) is -1.26. The van der Waals surface area contributed by atoms with Crippen molar-refractivity contribution in [2.75, 3.05) is 26.2 Å². The molecular formula is C23H22ClF2N5O2. The maximum atomic E-state index is 13.7. The van der Waals surface area contributed by atoms with Crippen LogP contribution in [-0.4, -0.2) is 40.8 Å². The largest absolute Gasteiger partial charge is 0.497 e. The van der Waals surface area contributed by atoms with Gasteiger partial charge in [0.1, 0.15) is 11.5 Å². The van der Waals surface area contributed by atoms with Crippen molar-refractivity contribution >= 4 is 28.6 Å². The van der Waals surface area contributed by atoms with Crippen molar-refractivity contribution in [1.29, 1.82) is 0 Å². The molecule has 0 bridgehead atoms. The lowest BCUT2D eigenvalue weighted by molar-refractivity contribution is 0.141. The van der Waals surface area contributed by atoms with Crippen LogP contribution < -0.4 is 14.4 Å². The number of aromatic nitrogens is 4. The van der Waals surface area contributed by atoms with Gasteiger partial charge in [0.15, 0.2) is 22.8 Å². The third-order valence-corrected chi connectivity index (χ3v) is 5.40. The van der Waals surface area contributed by atoms with E-state index in [0.717, 1.165) is 11.1 Å². The van der Waals surface area contributed by atoms with Gasteiger partial charge in [-0.25, -0.2) is 23.7 Å². The van der Waals surface area contributed by atoms with Crippen molar-refractivity contribution in [3.05, 3.63) is 70.8 Å². The number of imidazole rings is 1. The number of nitrogens with zero attached hydrogens (tertiary/aromatic N) is 5. The summed E-state index contributed by atoms with van der Waals surface area (Å²) < 4.78 is 39.7. The van der Waals surface area contributed by atoms with Crippen LogP contribution >= 0.6 is 11.6 Å². The average molecular weight is 474 g/mol. The number of methoxy groups -OCH3 is 2. The third kappa shape index (κ3) is 4.83. The molecule has 7 nitrogen and oxygen atoms in total. The molecule has 0 unspecified atom stereocenters. The molecule has 0 radical (unpaired) electrons. The van der Waals surface area contributed by atoms with E-state index in [2.05, 4.69) is 15.0 Å². The van der Waals surface area contributed by atoms with Crippen LogP contribution in [0.25, 0.3) is 11.2 Å². The van der Waals surface area contributed by atoms with E-state index in [1.807, 2.05) is 30.3 Å². The van der Waals surface area contributed by atoms with E-state index in [-0.39, 0.29) is 0 Å². The van der Waals surface area contributed by atoms with E-state index in [4.69, 9.17) is 21.1 Å². The Morgan fingerprint density at radius 3 is 2.61 bits per heavy atom. The fraction of sp³-hybridized carbons (Fsp3) is 0.261. The highest BCUT2D eigenvalue weighted by molar-refractivity contribution is 6.30. The number of hydrogen-bond acceptors (Lipinski definition) is 6. The van der Waals surface area contributed by atoms with Crippen LogP contribution in [-0.2, 0) is 13.1 Å². The highest BCUT2D eigenvalue weighted by Gasteiger charge is 2.21. The number of anilines is 1. The number of ether oxygens (including phenoxy) is 2. The molecule has 0 N–H and O–H groups in total. The smallest absolute Gasteiger partial charge is 0.297 e. The van der Waals surface area contributed by atoms with Crippen LogP contribution in [0.1, 0.15) is 23.4 Å². The van der Waals surface area contributed by atoms with Crippen molar-refractivity contribution in [2.45, 2.75) is 19.5 Å². The molecule has 0 aliphatic rings. The molecule has 0 saturated carbocycles. The van der Waals surface area contributed by atoms with Crippen LogP contribution in [0.4, 0.5) is 14.6 Å². The predicted molar refractivity (Wildman–Crippen MR) is 122 cm³/mol. The Morgan fingerprint density at radius 2 is 1.91 bits per heavy atom. The third-order valence-electron chi connectivity index (χ3n) is 5.16. The summed E-state index contributed by atoms with van der Waals surface area (Å²) in [4.78, 5) is 14.4. The number of fused-ring (bicyclic) bond motifs is 1. The minimum Gasteiger partial charge on any atom is -0.497 e. The van der Waals surface area contributed by atoms with E-state index in [1.54, 1.807) is 49.2 Å². The Balaban J connectivity index is 1.73. The Kier molecular flexibility index (Phi) is 6.60. The first-order chi connectivity index (χ1) is 15.9. The highest BCUT2D eigenvalue weighted by Crippen LogP contribution is 2.30. The Morgan fingerprint density at radius 1 is 1.09 bits per heavy atom. The lowest BCUT2D eigenvalue weighted by Crippen LogP contribution is -2.20. The zero-order valence-corrected chi connectivity index (χ0v) is 19.1. The van der Waals surface area contributed by atoms with Crippen LogP contribution in [0.3, 0.4) is 0 Å². The molecule has 172 valence electrons. The number of benzene rings is 2. The molecule has 2 aromatic carbocycles. The first-order valence-corrected chi connectivity index (χ1v) is 10.4. The zero-order valence-electron chi connectivity index (χ0n) is 18.3. The van der Waals surface area contributed by atoms with Gasteiger partial charge in [0, 0.05) is 30.2 Å². The molecule has 4 rings (SSSR count). The van der Waals surface area contributed by atoms with Gasteiger partial charge in [-0.15, -0.1) is 0 Å². The molecule has 0 aliphatic heterocycles. The predicted octanol–water partition coefficient (Wildman–Crippen LogP) is 5.12. The van der Waals surface area contributed by atoms with Crippen molar-refractivity contribution < 1.29 is 18.3 Å². The monoisotopic (exact) mass is 473 g/mol. The van der Waals surface area contributed by atoms with Gasteiger partial charge in [-0.05, 0) is 29.8 Å². The van der Waals surface area contributed by atoms with Gasteiger partial charge in [0.25, 0.3) is 6.43 Å². The van der Waals surface area contributed by atoms with Crippen molar-refractivity contribution in [3.63, 3.8) is 0 Å². The molecule has 0 fully saturated rings. The lowest BCUT2D eigenvalue weighted by Gasteiger charge is -2.21. The number of halogens is 3. The molecule has 2 heterocycles. The van der Waals surface area contributed by atoms with Gasteiger partial charge in [0.2, 0.25) is 0 Å². The summed E-state index contributed by atoms with van der Waals surface area (Å²) in [5, 5.41) is 0.591. The second kappa shape index (κ2) is 9.58. The van der Waals surface area contributed by atoms with Gasteiger partial charge in [-0.1, -0.05) is 23.7 Å². The number of hydrogen-bond donors (Lipinski definition) is 0. The molecule has 4 aromatic rings. The molecule has 0 atom stereocenters. The van der Waals surface area contributed by atoms with Crippen LogP contribution in [0.15, 0.2) is 48.8 Å². The normalized spacial score (nSPS) is 11.2. The Bertz CT molecular complexity index is 1280. The second-order valence-corrected chi connectivity index (χ2v) is 7.85. The first kappa shape index (κ1) is 22.7. The van der Waals surface area contributed by atoms with Crippen molar-refractivity contribution in [3.8, 4) is 11.5 Å². The number of alkyl halides is 2. The summed E-state index contributed by atoms with van der Waals surface area (Å²) in [5.41, 5.74) is 2.49. The minimum absolute atomic E-state index is 0.304. The maximum Gasteiger partial charge on any atom is 0.297 e. The Labute approximate surface area is 194 Å². The summed E-state index contributed by atoms with van der Waals surface area (Å²) in [6.45, 7) is 0.731. The average Bonchev–Trinajstić information content (AvgIpc) is 3.21. The first-order valence-electron chi connectivity index (χ1n) is 10.1. The molecule has 33 heavy (non-hydrogen) atoms. The maximum absolute atomic E-state index is 13.7. The summed E-state index contributed by atoms with van der Waals surface area (Å²) >= 11 is 6.08. The fourth-order valence-corrected chi connectivity index (χ4v) is 3.78. The molecule has 2 aromatic heterocycles. The molecule has 10 heteroatoms. The van der Waals surface area contributed by atoms with E-state index >= 15 is 0 Å². The number of rotatable bonds is 8. The highest BCUT2D eigenvalue weighted by atomic mass is 35.5. The van der Waals surface area contributed by atoms with E-state index in [1.165, 1.54) is 0 Å². The lowest BCUT2D eigenvalue weighted by atomic mass is 10.1. The summed E-state index contributed by atoms with van der Waals surface area (Å²) in [7, 11) is 4.90. The van der Waals surface area contributed by atoms with Crippen LogP contribution in [0.2, 0.25) is 5.02 Å². The standard InChI is InChI=1S/C23H22ClF2N5O2/c1-30(12-15-7-8-17(32-2)10-18(15)33-3)22-19-23(29-21(28-22)20(25)26)31(13-27-19)11-14-5-4-6-16(24)9-14/h4-10,13,20H,11-12H2,1-3H3. The molecule has 0 saturated heterocycles. The van der Waals surface area contributed by atoms with Crippen LogP contribution in [0.5, 0.6) is 11.5 Å². The quantitative estimate of drug-likeness (QED) is 0.354. The fourth-order valence-electron chi connectivity index (χ4n) is 3.57. The second-order valence-electron chi connectivity index (χ2n) is 7.41. The SMILES string of the molecule is COc1ccc(CN(C)c2nc(C(F)F)nc3c2ncn3Cc2cccc(Cl)c2)c(OC)c1. The molecule has 0 amide bonds. The zero-order chi connectivity index (χ0) is 23.5. The molecular weight excluding hydrogens is 452 g/mol.